The molecule has 1 fully saturated rings. The van der Waals surface area contributed by atoms with Crippen LogP contribution in [0.15, 0.2) is 27.6 Å². The van der Waals surface area contributed by atoms with Crippen molar-refractivity contribution in [1.29, 1.82) is 0 Å². The first-order chi connectivity index (χ1) is 13.3. The fraction of sp³-hybridized carbons (Fsp3) is 0.438. The summed E-state index contributed by atoms with van der Waals surface area (Å²) in [5.74, 6) is 1.71. The van der Waals surface area contributed by atoms with E-state index in [1.54, 1.807) is 17.9 Å². The van der Waals surface area contributed by atoms with Gasteiger partial charge in [-0.3, -0.25) is 4.79 Å². The lowest BCUT2D eigenvalue weighted by Gasteiger charge is -2.34. The summed E-state index contributed by atoms with van der Waals surface area (Å²) < 4.78 is 31.9. The Hall–Kier alpha value is -1.33. The minimum Gasteiger partial charge on any atom is -0.340 e. The van der Waals surface area contributed by atoms with E-state index in [4.69, 9.17) is 27.7 Å². The SMILES string of the molecule is Cc1nc(CSCC(=O)N2CCN(S(=O)(=O)c3c(Cl)cccc3Cl)CC2)no1. The molecule has 2 heterocycles. The summed E-state index contributed by atoms with van der Waals surface area (Å²) in [4.78, 5) is 18.0. The number of aryl methyl sites for hydroxylation is 1. The number of nitrogens with zero attached hydrogens (tertiary/aromatic N) is 4. The molecule has 3 rings (SSSR count). The minimum atomic E-state index is -3.82. The fourth-order valence-electron chi connectivity index (χ4n) is 2.76. The highest BCUT2D eigenvalue weighted by atomic mass is 35.5. The summed E-state index contributed by atoms with van der Waals surface area (Å²) in [5, 5.41) is 3.94. The Kier molecular flexibility index (Phi) is 6.87. The standard InChI is InChI=1S/C16H18Cl2N4O4S2/c1-11-19-14(20-26-11)9-27-10-15(23)21-5-7-22(8-6-21)28(24,25)16-12(17)3-2-4-13(16)18/h2-4H,5-10H2,1H3. The Morgan fingerprint density at radius 3 is 2.43 bits per heavy atom. The number of sulfonamides is 1. The van der Waals surface area contributed by atoms with Crippen molar-refractivity contribution >= 4 is 50.9 Å². The molecular formula is C16H18Cl2N4O4S2. The van der Waals surface area contributed by atoms with Crippen LogP contribution < -0.4 is 0 Å². The maximum absolute atomic E-state index is 12.9. The van der Waals surface area contributed by atoms with Crippen molar-refractivity contribution in [2.75, 3.05) is 31.9 Å². The van der Waals surface area contributed by atoms with Crippen LogP contribution in [0.4, 0.5) is 0 Å². The van der Waals surface area contributed by atoms with Gasteiger partial charge in [0.25, 0.3) is 0 Å². The lowest BCUT2D eigenvalue weighted by atomic mass is 10.3. The summed E-state index contributed by atoms with van der Waals surface area (Å²) in [7, 11) is -3.82. The largest absolute Gasteiger partial charge is 0.340 e. The van der Waals surface area contributed by atoms with Gasteiger partial charge in [0, 0.05) is 33.1 Å². The Bertz CT molecular complexity index is 939. The Balaban J connectivity index is 1.54. The average molecular weight is 465 g/mol. The number of carbonyl (C=O) groups is 1. The molecule has 1 aliphatic heterocycles. The molecule has 0 aliphatic carbocycles. The molecule has 12 heteroatoms. The summed E-state index contributed by atoms with van der Waals surface area (Å²) >= 11 is 13.5. The summed E-state index contributed by atoms with van der Waals surface area (Å²) in [5.41, 5.74) is 0. The van der Waals surface area contributed by atoms with Crippen LogP contribution in [0.2, 0.25) is 10.0 Å². The van der Waals surface area contributed by atoms with E-state index in [1.807, 2.05) is 0 Å². The Morgan fingerprint density at radius 1 is 1.21 bits per heavy atom. The van der Waals surface area contributed by atoms with Crippen LogP contribution in [0.5, 0.6) is 0 Å². The number of thioether (sulfide) groups is 1. The van der Waals surface area contributed by atoms with Gasteiger partial charge in [-0.05, 0) is 12.1 Å². The molecule has 0 atom stereocenters. The first-order valence-electron chi connectivity index (χ1n) is 8.38. The maximum Gasteiger partial charge on any atom is 0.246 e. The molecule has 0 radical (unpaired) electrons. The van der Waals surface area contributed by atoms with Gasteiger partial charge < -0.3 is 9.42 Å². The van der Waals surface area contributed by atoms with Crippen molar-refractivity contribution in [2.45, 2.75) is 17.6 Å². The zero-order valence-corrected chi connectivity index (χ0v) is 18.1. The van der Waals surface area contributed by atoms with E-state index in [2.05, 4.69) is 10.1 Å². The molecule has 152 valence electrons. The van der Waals surface area contributed by atoms with Crippen molar-refractivity contribution in [1.82, 2.24) is 19.3 Å². The van der Waals surface area contributed by atoms with Gasteiger partial charge in [0.05, 0.1) is 21.6 Å². The molecule has 1 saturated heterocycles. The number of amides is 1. The molecule has 1 amide bonds. The zero-order valence-electron chi connectivity index (χ0n) is 15.0. The van der Waals surface area contributed by atoms with Gasteiger partial charge in [-0.15, -0.1) is 11.8 Å². The lowest BCUT2D eigenvalue weighted by Crippen LogP contribution is -2.51. The number of hydrogen-bond acceptors (Lipinski definition) is 7. The Labute approximate surface area is 177 Å². The van der Waals surface area contributed by atoms with Gasteiger partial charge in [-0.1, -0.05) is 34.4 Å². The average Bonchev–Trinajstić information content (AvgIpc) is 3.06. The van der Waals surface area contributed by atoms with Gasteiger partial charge in [0.1, 0.15) is 4.90 Å². The highest BCUT2D eigenvalue weighted by molar-refractivity contribution is 7.99. The highest BCUT2D eigenvalue weighted by Gasteiger charge is 2.32. The molecule has 1 aliphatic rings. The van der Waals surface area contributed by atoms with Crippen LogP contribution in [0, 0.1) is 6.92 Å². The number of rotatable bonds is 6. The zero-order chi connectivity index (χ0) is 20.3. The molecule has 0 N–H and O–H groups in total. The van der Waals surface area contributed by atoms with Gasteiger partial charge in [0.2, 0.25) is 21.8 Å². The molecule has 28 heavy (non-hydrogen) atoms. The maximum atomic E-state index is 12.9. The van der Waals surface area contributed by atoms with Crippen LogP contribution in [0.1, 0.15) is 11.7 Å². The van der Waals surface area contributed by atoms with E-state index in [1.165, 1.54) is 28.2 Å². The quantitative estimate of drug-likeness (QED) is 0.647. The van der Waals surface area contributed by atoms with Crippen LogP contribution in [-0.2, 0) is 20.6 Å². The van der Waals surface area contributed by atoms with Crippen LogP contribution in [0.3, 0.4) is 0 Å². The number of carbonyl (C=O) groups excluding carboxylic acids is 1. The minimum absolute atomic E-state index is 0.0574. The molecule has 0 spiro atoms. The van der Waals surface area contributed by atoms with E-state index >= 15 is 0 Å². The van der Waals surface area contributed by atoms with Crippen LogP contribution in [-0.4, -0.2) is 65.6 Å². The summed E-state index contributed by atoms with van der Waals surface area (Å²) in [6.07, 6.45) is 0. The molecule has 0 saturated carbocycles. The monoisotopic (exact) mass is 464 g/mol. The predicted octanol–water partition coefficient (Wildman–Crippen LogP) is 2.45. The second-order valence-electron chi connectivity index (χ2n) is 6.06. The molecule has 0 bridgehead atoms. The first-order valence-corrected chi connectivity index (χ1v) is 11.7. The topological polar surface area (TPSA) is 96.6 Å². The number of halogens is 2. The van der Waals surface area contributed by atoms with Crippen molar-refractivity contribution in [3.05, 3.63) is 40.0 Å². The van der Waals surface area contributed by atoms with Crippen LogP contribution in [0.25, 0.3) is 0 Å². The van der Waals surface area contributed by atoms with E-state index in [0.29, 0.717) is 30.6 Å². The molecule has 2 aromatic rings. The van der Waals surface area contributed by atoms with E-state index < -0.39 is 10.0 Å². The fourth-order valence-corrected chi connectivity index (χ4v) is 6.03. The van der Waals surface area contributed by atoms with Gasteiger partial charge in [0.15, 0.2) is 5.82 Å². The number of aromatic nitrogens is 2. The normalized spacial score (nSPS) is 15.8. The third kappa shape index (κ3) is 4.80. The highest BCUT2D eigenvalue weighted by Crippen LogP contribution is 2.31. The molecular weight excluding hydrogens is 447 g/mol. The van der Waals surface area contributed by atoms with Crippen LogP contribution >= 0.6 is 35.0 Å². The van der Waals surface area contributed by atoms with Gasteiger partial charge in [-0.2, -0.15) is 9.29 Å². The smallest absolute Gasteiger partial charge is 0.246 e. The molecule has 1 aromatic heterocycles. The number of hydrogen-bond donors (Lipinski definition) is 0. The predicted molar refractivity (Wildman–Crippen MR) is 107 cm³/mol. The summed E-state index contributed by atoms with van der Waals surface area (Å²) in [6, 6.07) is 4.57. The van der Waals surface area contributed by atoms with Crippen molar-refractivity contribution < 1.29 is 17.7 Å². The first kappa shape index (κ1) is 21.4. The number of benzene rings is 1. The van der Waals surface area contributed by atoms with E-state index in [9.17, 15) is 13.2 Å². The van der Waals surface area contributed by atoms with E-state index in [0.717, 1.165) is 0 Å². The second-order valence-corrected chi connectivity index (χ2v) is 9.73. The lowest BCUT2D eigenvalue weighted by molar-refractivity contribution is -0.129. The van der Waals surface area contributed by atoms with Gasteiger partial charge >= 0.3 is 0 Å². The number of piperazine rings is 1. The van der Waals surface area contributed by atoms with Crippen molar-refractivity contribution in [3.63, 3.8) is 0 Å². The van der Waals surface area contributed by atoms with Crippen molar-refractivity contribution in [3.8, 4) is 0 Å². The molecule has 0 unspecified atom stereocenters. The van der Waals surface area contributed by atoms with E-state index in [-0.39, 0.29) is 39.7 Å². The molecule has 8 nitrogen and oxygen atoms in total. The van der Waals surface area contributed by atoms with Crippen molar-refractivity contribution in [2.24, 2.45) is 0 Å². The third-order valence-electron chi connectivity index (χ3n) is 4.13. The summed E-state index contributed by atoms with van der Waals surface area (Å²) in [6.45, 7) is 2.69. The molecule has 1 aromatic carbocycles. The second kappa shape index (κ2) is 9.00. The third-order valence-corrected chi connectivity index (χ3v) is 7.90. The van der Waals surface area contributed by atoms with Gasteiger partial charge in [-0.25, -0.2) is 8.42 Å². The Morgan fingerprint density at radius 2 is 1.86 bits per heavy atom.